The summed E-state index contributed by atoms with van der Waals surface area (Å²) in [5.41, 5.74) is 1.06. The number of aromatic amines is 1. The van der Waals surface area contributed by atoms with Gasteiger partial charge in [0.2, 0.25) is 0 Å². The van der Waals surface area contributed by atoms with Crippen LogP contribution in [0.3, 0.4) is 0 Å². The van der Waals surface area contributed by atoms with E-state index in [0.29, 0.717) is 0 Å². The summed E-state index contributed by atoms with van der Waals surface area (Å²) < 4.78 is 5.15. The minimum Gasteiger partial charge on any atom is -0.496 e. The molecule has 2 rings (SSSR count). The maximum Gasteiger partial charge on any atom is 0.128 e. The Morgan fingerprint density at radius 1 is 1.45 bits per heavy atom. The Kier molecular flexibility index (Phi) is 1.32. The quantitative estimate of drug-likeness (QED) is 0.653. The number of rotatable bonds is 1. The molecule has 0 spiro atoms. The van der Waals surface area contributed by atoms with Gasteiger partial charge in [-0.05, 0) is 18.2 Å². The Morgan fingerprint density at radius 2 is 2.36 bits per heavy atom. The molecule has 1 aromatic carbocycles. The summed E-state index contributed by atoms with van der Waals surface area (Å²) in [5.74, 6) is 0.889. The number of nitrogens with one attached hydrogen (secondary N) is 1. The number of ether oxygens (including phenoxy) is 1. The Bertz CT molecular complexity index is 364. The van der Waals surface area contributed by atoms with E-state index in [-0.39, 0.29) is 0 Å². The molecule has 0 bridgehead atoms. The Balaban J connectivity index is 2.79. The molecule has 1 radical (unpaired) electrons. The largest absolute Gasteiger partial charge is 0.496 e. The normalized spacial score (nSPS) is 10.3. The molecule has 0 aliphatic heterocycles. The van der Waals surface area contributed by atoms with Crippen LogP contribution in [0.2, 0.25) is 0 Å². The molecule has 0 aliphatic carbocycles. The first-order valence-corrected chi connectivity index (χ1v) is 3.43. The van der Waals surface area contributed by atoms with Crippen molar-refractivity contribution in [2.24, 2.45) is 0 Å². The number of H-pyrrole nitrogens is 1. The third kappa shape index (κ3) is 0.871. The Hall–Kier alpha value is -1.44. The van der Waals surface area contributed by atoms with Crippen molar-refractivity contribution in [3.8, 4) is 5.75 Å². The maximum atomic E-state index is 5.15. The molecule has 0 amide bonds. The van der Waals surface area contributed by atoms with Gasteiger partial charge in [0.05, 0.1) is 13.3 Å². The van der Waals surface area contributed by atoms with Crippen LogP contribution in [0.1, 0.15) is 0 Å². The monoisotopic (exact) mass is 146 g/mol. The van der Waals surface area contributed by atoms with E-state index < -0.39 is 0 Å². The molecule has 0 fully saturated rings. The lowest BCUT2D eigenvalue weighted by Crippen LogP contribution is -1.81. The molecule has 0 saturated heterocycles. The van der Waals surface area contributed by atoms with Gasteiger partial charge in [0.15, 0.2) is 0 Å². The average molecular weight is 146 g/mol. The summed E-state index contributed by atoms with van der Waals surface area (Å²) in [4.78, 5) is 2.99. The van der Waals surface area contributed by atoms with Gasteiger partial charge in [0.25, 0.3) is 0 Å². The fraction of sp³-hybridized carbons (Fsp3) is 0.111. The smallest absolute Gasteiger partial charge is 0.128 e. The Labute approximate surface area is 64.8 Å². The van der Waals surface area contributed by atoms with E-state index in [1.54, 1.807) is 7.11 Å². The standard InChI is InChI=1S/C9H8NO/c1-11-9-4-2-3-8-7(9)5-6-10-8/h2-5,10H,1H3. The van der Waals surface area contributed by atoms with Gasteiger partial charge in [-0.1, -0.05) is 6.07 Å². The molecule has 2 heteroatoms. The molecular weight excluding hydrogens is 138 g/mol. The number of aromatic nitrogens is 1. The van der Waals surface area contributed by atoms with Crippen LogP contribution in [0.15, 0.2) is 24.3 Å². The van der Waals surface area contributed by atoms with Crippen LogP contribution in [-0.4, -0.2) is 12.1 Å². The molecule has 2 nitrogen and oxygen atoms in total. The minimum absolute atomic E-state index is 0.889. The highest BCUT2D eigenvalue weighted by Gasteiger charge is 1.98. The van der Waals surface area contributed by atoms with Gasteiger partial charge in [-0.3, -0.25) is 0 Å². The first-order chi connectivity index (χ1) is 5.42. The second-order valence-corrected chi connectivity index (χ2v) is 2.34. The minimum atomic E-state index is 0.889. The van der Waals surface area contributed by atoms with Crippen molar-refractivity contribution in [1.29, 1.82) is 0 Å². The second kappa shape index (κ2) is 2.31. The van der Waals surface area contributed by atoms with Gasteiger partial charge in [0.1, 0.15) is 5.75 Å². The van der Waals surface area contributed by atoms with Crippen molar-refractivity contribution in [1.82, 2.24) is 4.98 Å². The lowest BCUT2D eigenvalue weighted by molar-refractivity contribution is 0.420. The van der Waals surface area contributed by atoms with Gasteiger partial charge in [0, 0.05) is 10.9 Å². The third-order valence-corrected chi connectivity index (χ3v) is 1.71. The molecule has 2 aromatic rings. The van der Waals surface area contributed by atoms with E-state index in [9.17, 15) is 0 Å². The molecule has 1 N–H and O–H groups in total. The van der Waals surface area contributed by atoms with Crippen LogP contribution in [0.25, 0.3) is 10.9 Å². The number of hydrogen-bond acceptors (Lipinski definition) is 1. The highest BCUT2D eigenvalue weighted by atomic mass is 16.5. The molecule has 0 aliphatic rings. The molecule has 0 saturated carbocycles. The lowest BCUT2D eigenvalue weighted by atomic mass is 10.2. The maximum absolute atomic E-state index is 5.15. The van der Waals surface area contributed by atoms with Crippen LogP contribution in [0.4, 0.5) is 0 Å². The molecule has 11 heavy (non-hydrogen) atoms. The van der Waals surface area contributed by atoms with Gasteiger partial charge >= 0.3 is 0 Å². The zero-order chi connectivity index (χ0) is 7.68. The number of hydrogen-bond donors (Lipinski definition) is 1. The van der Waals surface area contributed by atoms with E-state index in [0.717, 1.165) is 16.7 Å². The van der Waals surface area contributed by atoms with Crippen molar-refractivity contribution in [3.63, 3.8) is 0 Å². The van der Waals surface area contributed by atoms with E-state index in [2.05, 4.69) is 11.2 Å². The van der Waals surface area contributed by atoms with Crippen LogP contribution >= 0.6 is 0 Å². The first kappa shape index (κ1) is 6.28. The average Bonchev–Trinajstić information content (AvgIpc) is 2.50. The highest BCUT2D eigenvalue weighted by molar-refractivity contribution is 5.85. The summed E-state index contributed by atoms with van der Waals surface area (Å²) in [6.07, 6.45) is 2.91. The predicted octanol–water partition coefficient (Wildman–Crippen LogP) is 1.98. The van der Waals surface area contributed by atoms with Gasteiger partial charge in [-0.2, -0.15) is 0 Å². The van der Waals surface area contributed by atoms with Gasteiger partial charge < -0.3 is 9.72 Å². The van der Waals surface area contributed by atoms with Gasteiger partial charge in [-0.25, -0.2) is 0 Å². The molecule has 1 aromatic heterocycles. The van der Waals surface area contributed by atoms with E-state index in [1.165, 1.54) is 0 Å². The summed E-state index contributed by atoms with van der Waals surface area (Å²) in [6.45, 7) is 0. The number of benzene rings is 1. The van der Waals surface area contributed by atoms with Gasteiger partial charge in [-0.15, -0.1) is 0 Å². The molecule has 0 unspecified atom stereocenters. The fourth-order valence-electron chi connectivity index (χ4n) is 1.17. The Morgan fingerprint density at radius 3 is 3.18 bits per heavy atom. The third-order valence-electron chi connectivity index (χ3n) is 1.71. The fourth-order valence-corrected chi connectivity index (χ4v) is 1.17. The summed E-state index contributed by atoms with van der Waals surface area (Å²) >= 11 is 0. The van der Waals surface area contributed by atoms with Crippen LogP contribution in [0, 0.1) is 6.20 Å². The van der Waals surface area contributed by atoms with E-state index >= 15 is 0 Å². The lowest BCUT2D eigenvalue weighted by Gasteiger charge is -1.99. The predicted molar refractivity (Wildman–Crippen MR) is 43.7 cm³/mol. The second-order valence-electron chi connectivity index (χ2n) is 2.34. The van der Waals surface area contributed by atoms with Crippen LogP contribution in [-0.2, 0) is 0 Å². The SMILES string of the molecule is COc1cccc2[nH][c]cc12. The summed E-state index contributed by atoms with van der Waals surface area (Å²) in [5, 5.41) is 1.08. The number of fused-ring (bicyclic) bond motifs is 1. The van der Waals surface area contributed by atoms with Crippen molar-refractivity contribution in [2.75, 3.05) is 7.11 Å². The van der Waals surface area contributed by atoms with Crippen LogP contribution < -0.4 is 4.74 Å². The van der Waals surface area contributed by atoms with Crippen molar-refractivity contribution in [3.05, 3.63) is 30.5 Å². The van der Waals surface area contributed by atoms with Crippen LogP contribution in [0.5, 0.6) is 5.75 Å². The molecule has 55 valence electrons. The van der Waals surface area contributed by atoms with E-state index in [4.69, 9.17) is 4.74 Å². The van der Waals surface area contributed by atoms with E-state index in [1.807, 2.05) is 24.3 Å². The first-order valence-electron chi connectivity index (χ1n) is 3.43. The summed E-state index contributed by atoms with van der Waals surface area (Å²) in [7, 11) is 1.67. The topological polar surface area (TPSA) is 25.0 Å². The number of methoxy groups -OCH3 is 1. The van der Waals surface area contributed by atoms with Crippen molar-refractivity contribution >= 4 is 10.9 Å². The summed E-state index contributed by atoms with van der Waals surface area (Å²) in [6, 6.07) is 7.76. The van der Waals surface area contributed by atoms with Crippen molar-refractivity contribution in [2.45, 2.75) is 0 Å². The molecular formula is C9H8NO. The zero-order valence-corrected chi connectivity index (χ0v) is 6.22. The molecule has 0 atom stereocenters. The molecule has 1 heterocycles. The van der Waals surface area contributed by atoms with Crippen molar-refractivity contribution < 1.29 is 4.74 Å². The highest BCUT2D eigenvalue weighted by Crippen LogP contribution is 2.23. The zero-order valence-electron chi connectivity index (χ0n) is 6.22.